The summed E-state index contributed by atoms with van der Waals surface area (Å²) in [6.07, 6.45) is 1.30. The summed E-state index contributed by atoms with van der Waals surface area (Å²) in [6, 6.07) is 4.78. The molecule has 1 aromatic rings. The minimum Gasteiger partial charge on any atom is -0.543 e. The van der Waals surface area contributed by atoms with Crippen LogP contribution in [0.2, 0.25) is 0 Å². The maximum atomic E-state index is 12.9. The molecule has 0 spiro atoms. The quantitative estimate of drug-likeness (QED) is 0.0600. The van der Waals surface area contributed by atoms with Crippen molar-refractivity contribution in [3.05, 3.63) is 46.7 Å². The molecule has 3 aliphatic rings. The molecule has 47 heavy (non-hydrogen) atoms. The van der Waals surface area contributed by atoms with Crippen LogP contribution in [0.4, 0.5) is 0 Å². The van der Waals surface area contributed by atoms with E-state index in [-0.39, 0.29) is 71.3 Å². The monoisotopic (exact) mass is 681 g/mol. The molecule has 0 aromatic heterocycles. The minimum atomic E-state index is -1.54. The number of carbonyl (C=O) groups excluding carboxylic acids is 4. The Morgan fingerprint density at radius 2 is 1.87 bits per heavy atom. The van der Waals surface area contributed by atoms with Gasteiger partial charge in [0.1, 0.15) is 24.1 Å². The van der Waals surface area contributed by atoms with Crippen LogP contribution in [-0.4, -0.2) is 113 Å². The molecule has 0 bridgehead atoms. The summed E-state index contributed by atoms with van der Waals surface area (Å²) in [7, 11) is 0. The Labute approximate surface area is 299 Å². The van der Waals surface area contributed by atoms with Gasteiger partial charge in [0.2, 0.25) is 5.91 Å². The topological polar surface area (TPSA) is 190 Å². The number of rotatable bonds is 14. The number of nitrogens with zero attached hydrogens (tertiary/aromatic N) is 3. The summed E-state index contributed by atoms with van der Waals surface area (Å²) < 4.78 is 5.30. The number of amides is 3. The maximum absolute atomic E-state index is 12.9. The number of morpholine rings is 1. The first-order valence-electron chi connectivity index (χ1n) is 15.1. The van der Waals surface area contributed by atoms with E-state index >= 15 is 0 Å². The Balaban J connectivity index is 0.00000600. The van der Waals surface area contributed by atoms with Crippen LogP contribution in [0.3, 0.4) is 0 Å². The van der Waals surface area contributed by atoms with E-state index in [1.54, 1.807) is 12.1 Å². The molecular formula is C31H40N5NaO9S. The Morgan fingerprint density at radius 3 is 2.49 bits per heavy atom. The number of hydrogen-bond acceptors (Lipinski definition) is 11. The van der Waals surface area contributed by atoms with Crippen molar-refractivity contribution in [2.24, 2.45) is 5.16 Å². The molecule has 14 nitrogen and oxygen atoms in total. The zero-order chi connectivity index (χ0) is 33.4. The molecule has 3 N–H and O–H groups in total. The number of benzene rings is 1. The maximum Gasteiger partial charge on any atom is 1.00 e. The third-order valence-corrected chi connectivity index (χ3v) is 9.21. The molecule has 3 heterocycles. The van der Waals surface area contributed by atoms with Gasteiger partial charge in [-0.05, 0) is 36.0 Å². The normalized spacial score (nSPS) is 20.5. The SMILES string of the molecule is CC(C)(C)c1ccc(C(=O)NC(CCCC(=O)N[C@@H]2C(=O)N3C(C(=O)[O-])=C(C=NOCCN4CCOCC4)CS[C@@H]23)C(=O)O)cc1.[Na+]. The van der Waals surface area contributed by atoms with E-state index < -0.39 is 47.1 Å². The second kappa shape index (κ2) is 17.4. The second-order valence-electron chi connectivity index (χ2n) is 12.2. The van der Waals surface area contributed by atoms with E-state index in [1.807, 2.05) is 32.9 Å². The van der Waals surface area contributed by atoms with Crippen LogP contribution >= 0.6 is 11.8 Å². The van der Waals surface area contributed by atoms with E-state index in [4.69, 9.17) is 9.57 Å². The largest absolute Gasteiger partial charge is 1.00 e. The van der Waals surface area contributed by atoms with Crippen molar-refractivity contribution in [1.29, 1.82) is 0 Å². The summed E-state index contributed by atoms with van der Waals surface area (Å²) in [5, 5.41) is 29.9. The van der Waals surface area contributed by atoms with E-state index in [2.05, 4.69) is 20.7 Å². The first kappa shape index (κ1) is 38.5. The predicted molar refractivity (Wildman–Crippen MR) is 167 cm³/mol. The van der Waals surface area contributed by atoms with Crippen LogP contribution in [0.15, 0.2) is 40.7 Å². The average Bonchev–Trinajstić information content (AvgIpc) is 3.02. The Hall–Kier alpha value is -2.95. The second-order valence-corrected chi connectivity index (χ2v) is 13.3. The molecule has 1 unspecified atom stereocenters. The molecule has 2 fully saturated rings. The number of aliphatic carboxylic acids is 2. The van der Waals surface area contributed by atoms with E-state index in [0.29, 0.717) is 31.9 Å². The number of carboxylic acid groups (broad SMARTS) is 2. The summed E-state index contributed by atoms with van der Waals surface area (Å²) in [6.45, 7) is 10.0. The number of hydrogen-bond donors (Lipinski definition) is 3. The molecule has 0 saturated carbocycles. The molecule has 16 heteroatoms. The van der Waals surface area contributed by atoms with Gasteiger partial charge < -0.3 is 35.2 Å². The van der Waals surface area contributed by atoms with E-state index in [1.165, 1.54) is 18.0 Å². The molecule has 3 aliphatic heterocycles. The van der Waals surface area contributed by atoms with Gasteiger partial charge in [0.15, 0.2) is 0 Å². The molecule has 4 rings (SSSR count). The molecule has 3 amide bonds. The average molecular weight is 682 g/mol. The van der Waals surface area contributed by atoms with Crippen molar-refractivity contribution in [3.63, 3.8) is 0 Å². The summed E-state index contributed by atoms with van der Waals surface area (Å²) in [5.74, 6) is -4.19. The fraction of sp³-hybridized carbons (Fsp3) is 0.548. The van der Waals surface area contributed by atoms with Crippen LogP contribution in [0.25, 0.3) is 0 Å². The first-order chi connectivity index (χ1) is 21.9. The van der Waals surface area contributed by atoms with Crippen molar-refractivity contribution in [3.8, 4) is 0 Å². The number of carbonyl (C=O) groups is 5. The summed E-state index contributed by atoms with van der Waals surface area (Å²) in [4.78, 5) is 70.5. The number of ether oxygens (including phenoxy) is 1. The standard InChI is InChI=1S/C31H41N5O9S.Na/c1-31(2,3)21-9-7-19(8-10-21)26(38)33-22(29(40)41)5-4-6-23(37)34-24-27(39)36-25(30(42)43)20(18-46-28(24)36)17-32-45-16-13-35-11-14-44-15-12-35;/h7-10,17,22,24,28H,4-6,11-16,18H2,1-3H3,(H,33,38)(H,34,37)(H,40,41)(H,42,43);/q;+1/p-1/t22?,24-,28+;/m1./s1. The molecule has 0 aliphatic carbocycles. The van der Waals surface area contributed by atoms with E-state index in [0.717, 1.165) is 23.6 Å². The van der Waals surface area contributed by atoms with Crippen LogP contribution in [0.1, 0.15) is 56.0 Å². The Morgan fingerprint density at radius 1 is 1.19 bits per heavy atom. The number of β-lactam (4-membered cyclic amide) rings is 1. The zero-order valence-corrected chi connectivity index (χ0v) is 30.0. The fourth-order valence-corrected chi connectivity index (χ4v) is 6.51. The van der Waals surface area contributed by atoms with Crippen LogP contribution < -0.4 is 45.3 Å². The van der Waals surface area contributed by atoms with Gasteiger partial charge in [0, 0.05) is 42.9 Å². The van der Waals surface area contributed by atoms with E-state index in [9.17, 15) is 34.2 Å². The fourth-order valence-electron chi connectivity index (χ4n) is 5.21. The first-order valence-corrected chi connectivity index (χ1v) is 16.2. The Bertz CT molecular complexity index is 1380. The molecular weight excluding hydrogens is 641 g/mol. The van der Waals surface area contributed by atoms with Gasteiger partial charge in [-0.1, -0.05) is 38.1 Å². The van der Waals surface area contributed by atoms with Gasteiger partial charge in [-0.15, -0.1) is 11.8 Å². The van der Waals surface area contributed by atoms with Crippen molar-refractivity contribution in [2.75, 3.05) is 45.2 Å². The summed E-state index contributed by atoms with van der Waals surface area (Å²) in [5.41, 5.74) is 1.21. The van der Waals surface area contributed by atoms with Gasteiger partial charge >= 0.3 is 35.5 Å². The predicted octanol–water partition coefficient (Wildman–Crippen LogP) is -2.92. The third-order valence-electron chi connectivity index (χ3n) is 7.91. The number of thioether (sulfide) groups is 1. The van der Waals surface area contributed by atoms with Crippen molar-refractivity contribution < 1.29 is 73.3 Å². The molecule has 0 radical (unpaired) electrons. The third kappa shape index (κ3) is 10.3. The molecule has 2 saturated heterocycles. The number of nitrogens with one attached hydrogen (secondary N) is 2. The van der Waals surface area contributed by atoms with Crippen molar-refractivity contribution in [1.82, 2.24) is 20.4 Å². The van der Waals surface area contributed by atoms with Crippen molar-refractivity contribution >= 4 is 47.6 Å². The Kier molecular flexibility index (Phi) is 14.3. The van der Waals surface area contributed by atoms with Crippen LogP contribution in [0.5, 0.6) is 0 Å². The zero-order valence-electron chi connectivity index (χ0n) is 27.2. The van der Waals surface area contributed by atoms with Crippen molar-refractivity contribution in [2.45, 2.75) is 62.9 Å². The van der Waals surface area contributed by atoms with Gasteiger partial charge in [0.05, 0.1) is 31.1 Å². The van der Waals surface area contributed by atoms with Crippen LogP contribution in [0, 0.1) is 0 Å². The van der Waals surface area contributed by atoms with Gasteiger partial charge in [0.25, 0.3) is 11.8 Å². The smallest absolute Gasteiger partial charge is 0.543 e. The number of oxime groups is 1. The van der Waals surface area contributed by atoms with Gasteiger partial charge in [-0.3, -0.25) is 24.2 Å². The molecule has 1 aromatic carbocycles. The number of fused-ring (bicyclic) bond motifs is 1. The van der Waals surface area contributed by atoms with Crippen LogP contribution in [-0.2, 0) is 34.2 Å². The summed E-state index contributed by atoms with van der Waals surface area (Å²) >= 11 is 1.27. The van der Waals surface area contributed by atoms with Gasteiger partial charge in [-0.25, -0.2) is 4.79 Å². The minimum absolute atomic E-state index is 0. The number of carboxylic acids is 2. The molecule has 3 atom stereocenters. The molecule has 250 valence electrons. The van der Waals surface area contributed by atoms with Gasteiger partial charge in [-0.2, -0.15) is 0 Å².